The van der Waals surface area contributed by atoms with E-state index < -0.39 is 0 Å². The smallest absolute Gasteiger partial charge is 0.238 e. The third-order valence-electron chi connectivity index (χ3n) is 2.39. The van der Waals surface area contributed by atoms with E-state index in [1.807, 2.05) is 18.2 Å². The van der Waals surface area contributed by atoms with E-state index in [0.717, 1.165) is 5.56 Å². The molecule has 5 nitrogen and oxygen atoms in total. The second-order valence-electron chi connectivity index (χ2n) is 3.69. The molecule has 1 aromatic carbocycles. The van der Waals surface area contributed by atoms with E-state index in [9.17, 15) is 0 Å². The third-order valence-corrected chi connectivity index (χ3v) is 2.39. The standard InChI is InChI=1S/C13H14N2O3/c16-6-5-10-3-1-2-4-12(10)18-13-8-14-7-11(9-17)15-13/h1-4,7-8,16-17H,5-6,9H2. The summed E-state index contributed by atoms with van der Waals surface area (Å²) >= 11 is 0. The van der Waals surface area contributed by atoms with Crippen LogP contribution in [0.25, 0.3) is 0 Å². The van der Waals surface area contributed by atoms with Crippen LogP contribution < -0.4 is 4.74 Å². The fourth-order valence-corrected chi connectivity index (χ4v) is 1.55. The van der Waals surface area contributed by atoms with E-state index in [2.05, 4.69) is 9.97 Å². The van der Waals surface area contributed by atoms with Gasteiger partial charge < -0.3 is 14.9 Å². The Morgan fingerprint density at radius 2 is 1.94 bits per heavy atom. The minimum Gasteiger partial charge on any atom is -0.437 e. The summed E-state index contributed by atoms with van der Waals surface area (Å²) in [6, 6.07) is 7.42. The first-order valence-electron chi connectivity index (χ1n) is 5.62. The summed E-state index contributed by atoms with van der Waals surface area (Å²) in [5.74, 6) is 0.961. The molecule has 1 heterocycles. The maximum absolute atomic E-state index is 8.98. The highest BCUT2D eigenvalue weighted by Gasteiger charge is 2.05. The van der Waals surface area contributed by atoms with Crippen molar-refractivity contribution in [3.8, 4) is 11.6 Å². The van der Waals surface area contributed by atoms with Crippen LogP contribution in [0.4, 0.5) is 0 Å². The van der Waals surface area contributed by atoms with Gasteiger partial charge in [-0.3, -0.25) is 4.98 Å². The van der Waals surface area contributed by atoms with Crippen molar-refractivity contribution in [3.63, 3.8) is 0 Å². The molecule has 0 atom stereocenters. The van der Waals surface area contributed by atoms with Crippen molar-refractivity contribution in [1.29, 1.82) is 0 Å². The molecule has 0 bridgehead atoms. The maximum atomic E-state index is 8.98. The Hall–Kier alpha value is -1.98. The van der Waals surface area contributed by atoms with E-state index in [-0.39, 0.29) is 13.2 Å². The molecular weight excluding hydrogens is 232 g/mol. The molecule has 0 radical (unpaired) electrons. The van der Waals surface area contributed by atoms with Crippen LogP contribution in [0.5, 0.6) is 11.6 Å². The molecule has 5 heteroatoms. The lowest BCUT2D eigenvalue weighted by Gasteiger charge is -2.09. The molecule has 0 aliphatic rings. The molecule has 0 fully saturated rings. The third kappa shape index (κ3) is 3.03. The minimum atomic E-state index is -0.178. The summed E-state index contributed by atoms with van der Waals surface area (Å²) in [5.41, 5.74) is 1.35. The molecule has 1 aromatic heterocycles. The van der Waals surface area contributed by atoms with E-state index in [1.54, 1.807) is 6.07 Å². The van der Waals surface area contributed by atoms with Gasteiger partial charge in [0.25, 0.3) is 0 Å². The van der Waals surface area contributed by atoms with Crippen LogP contribution in [-0.4, -0.2) is 26.8 Å². The predicted molar refractivity (Wildman–Crippen MR) is 65.3 cm³/mol. The molecule has 0 amide bonds. The van der Waals surface area contributed by atoms with Crippen molar-refractivity contribution in [2.24, 2.45) is 0 Å². The lowest BCUT2D eigenvalue weighted by molar-refractivity contribution is 0.274. The zero-order valence-electron chi connectivity index (χ0n) is 9.78. The van der Waals surface area contributed by atoms with Crippen molar-refractivity contribution in [2.45, 2.75) is 13.0 Å². The molecule has 0 aliphatic heterocycles. The van der Waals surface area contributed by atoms with Crippen molar-refractivity contribution in [1.82, 2.24) is 9.97 Å². The summed E-state index contributed by atoms with van der Waals surface area (Å²) in [6.07, 6.45) is 3.48. The highest BCUT2D eigenvalue weighted by molar-refractivity contribution is 5.35. The van der Waals surface area contributed by atoms with Gasteiger partial charge in [0, 0.05) is 6.61 Å². The van der Waals surface area contributed by atoms with Crippen LogP contribution in [0.1, 0.15) is 11.3 Å². The number of aromatic nitrogens is 2. The zero-order valence-corrected chi connectivity index (χ0v) is 9.78. The molecule has 2 rings (SSSR count). The summed E-state index contributed by atoms with van der Waals surface area (Å²) in [7, 11) is 0. The number of rotatable bonds is 5. The Labute approximate surface area is 105 Å². The van der Waals surface area contributed by atoms with Crippen LogP contribution >= 0.6 is 0 Å². The van der Waals surface area contributed by atoms with Crippen LogP contribution in [0.3, 0.4) is 0 Å². The van der Waals surface area contributed by atoms with Gasteiger partial charge >= 0.3 is 0 Å². The van der Waals surface area contributed by atoms with Gasteiger partial charge in [-0.1, -0.05) is 18.2 Å². The number of ether oxygens (including phenoxy) is 1. The van der Waals surface area contributed by atoms with Gasteiger partial charge in [-0.05, 0) is 18.1 Å². The van der Waals surface area contributed by atoms with Gasteiger partial charge in [-0.2, -0.15) is 0 Å². The zero-order chi connectivity index (χ0) is 12.8. The quantitative estimate of drug-likeness (QED) is 0.831. The van der Waals surface area contributed by atoms with Crippen LogP contribution in [0, 0.1) is 0 Å². The molecule has 0 spiro atoms. The highest BCUT2D eigenvalue weighted by Crippen LogP contribution is 2.23. The van der Waals surface area contributed by atoms with E-state index >= 15 is 0 Å². The van der Waals surface area contributed by atoms with Crippen molar-refractivity contribution < 1.29 is 14.9 Å². The molecule has 0 saturated carbocycles. The van der Waals surface area contributed by atoms with E-state index in [1.165, 1.54) is 12.4 Å². The fourth-order valence-electron chi connectivity index (χ4n) is 1.55. The molecule has 0 saturated heterocycles. The second kappa shape index (κ2) is 6.09. The summed E-state index contributed by atoms with van der Waals surface area (Å²) in [4.78, 5) is 8.02. The van der Waals surface area contributed by atoms with Crippen molar-refractivity contribution >= 4 is 0 Å². The van der Waals surface area contributed by atoms with Crippen LogP contribution in [0.15, 0.2) is 36.7 Å². The van der Waals surface area contributed by atoms with Crippen molar-refractivity contribution in [2.75, 3.05) is 6.61 Å². The summed E-state index contributed by atoms with van der Waals surface area (Å²) < 4.78 is 5.61. The van der Waals surface area contributed by atoms with Gasteiger partial charge in [0.05, 0.1) is 24.7 Å². The predicted octanol–water partition coefficient (Wildman–Crippen LogP) is 1.30. The molecule has 18 heavy (non-hydrogen) atoms. The topological polar surface area (TPSA) is 75.5 Å². The Morgan fingerprint density at radius 1 is 1.11 bits per heavy atom. The number of benzene rings is 1. The molecule has 2 N–H and O–H groups in total. The fraction of sp³-hybridized carbons (Fsp3) is 0.231. The van der Waals surface area contributed by atoms with Gasteiger partial charge in [-0.25, -0.2) is 4.98 Å². The number of nitrogens with zero attached hydrogens (tertiary/aromatic N) is 2. The molecule has 0 aliphatic carbocycles. The number of aliphatic hydroxyl groups excluding tert-OH is 2. The average Bonchev–Trinajstić information content (AvgIpc) is 2.41. The number of aliphatic hydroxyl groups is 2. The normalized spacial score (nSPS) is 10.3. The Morgan fingerprint density at radius 3 is 2.72 bits per heavy atom. The van der Waals surface area contributed by atoms with Gasteiger partial charge in [0.1, 0.15) is 5.75 Å². The van der Waals surface area contributed by atoms with Gasteiger partial charge in [0.2, 0.25) is 5.88 Å². The molecule has 2 aromatic rings. The van der Waals surface area contributed by atoms with E-state index in [0.29, 0.717) is 23.7 Å². The molecular formula is C13H14N2O3. The highest BCUT2D eigenvalue weighted by atomic mass is 16.5. The number of hydrogen-bond donors (Lipinski definition) is 2. The number of hydrogen-bond acceptors (Lipinski definition) is 5. The summed E-state index contributed by atoms with van der Waals surface area (Å²) in [5, 5.41) is 18.0. The Bertz CT molecular complexity index is 517. The molecule has 0 unspecified atom stereocenters. The maximum Gasteiger partial charge on any atom is 0.238 e. The first kappa shape index (κ1) is 12.5. The van der Waals surface area contributed by atoms with Crippen LogP contribution in [-0.2, 0) is 13.0 Å². The Balaban J connectivity index is 2.22. The van der Waals surface area contributed by atoms with Crippen molar-refractivity contribution in [3.05, 3.63) is 47.9 Å². The van der Waals surface area contributed by atoms with Gasteiger partial charge in [0.15, 0.2) is 0 Å². The SMILES string of the molecule is OCCc1ccccc1Oc1cncc(CO)n1. The first-order valence-corrected chi connectivity index (χ1v) is 5.62. The second-order valence-corrected chi connectivity index (χ2v) is 3.69. The first-order chi connectivity index (χ1) is 8.83. The number of para-hydroxylation sites is 1. The van der Waals surface area contributed by atoms with Crippen LogP contribution in [0.2, 0.25) is 0 Å². The van der Waals surface area contributed by atoms with Gasteiger partial charge in [-0.15, -0.1) is 0 Å². The Kier molecular flexibility index (Phi) is 4.22. The summed E-state index contributed by atoms with van der Waals surface area (Å²) in [6.45, 7) is -0.120. The largest absolute Gasteiger partial charge is 0.437 e. The minimum absolute atomic E-state index is 0.0583. The van der Waals surface area contributed by atoms with E-state index in [4.69, 9.17) is 14.9 Å². The monoisotopic (exact) mass is 246 g/mol. The lowest BCUT2D eigenvalue weighted by Crippen LogP contribution is -1.98. The average molecular weight is 246 g/mol. The molecule has 94 valence electrons. The lowest BCUT2D eigenvalue weighted by atomic mass is 10.1.